The van der Waals surface area contributed by atoms with Gasteiger partial charge in [0.2, 0.25) is 5.91 Å². The molecule has 27 heavy (non-hydrogen) atoms. The fourth-order valence-corrected chi connectivity index (χ4v) is 4.38. The first-order valence-corrected chi connectivity index (χ1v) is 10.4. The fourth-order valence-electron chi connectivity index (χ4n) is 3.37. The molecule has 1 amide bonds. The molecule has 1 N–H and O–H groups in total. The normalized spacial score (nSPS) is 15.3. The summed E-state index contributed by atoms with van der Waals surface area (Å²) in [5.74, 6) is -0.0118. The van der Waals surface area contributed by atoms with E-state index in [2.05, 4.69) is 11.4 Å². The molecule has 1 aromatic carbocycles. The zero-order chi connectivity index (χ0) is 19.2. The van der Waals surface area contributed by atoms with Crippen LogP contribution in [0.2, 0.25) is 0 Å². The maximum absolute atomic E-state index is 12.8. The van der Waals surface area contributed by atoms with Gasteiger partial charge in [0.25, 0.3) is 0 Å². The third-order valence-corrected chi connectivity index (χ3v) is 6.33. The van der Waals surface area contributed by atoms with Crippen molar-refractivity contribution in [1.82, 2.24) is 10.3 Å². The standard InChI is InChI=1S/C22H25N3OS/c1-3-20(21(26)24-15(2)16-9-5-4-6-10-16)27-22-18(14-23)13-17-11-7-8-12-19(17)25-22/h4-6,9-10,13,15,20H,3,7-8,11-12H2,1-2H3,(H,24,26). The fraction of sp³-hybridized carbons (Fsp3) is 0.409. The molecule has 140 valence electrons. The molecule has 2 unspecified atom stereocenters. The smallest absolute Gasteiger partial charge is 0.234 e. The average molecular weight is 380 g/mol. The van der Waals surface area contributed by atoms with E-state index < -0.39 is 0 Å². The number of nitrogens with zero attached hydrogens (tertiary/aromatic N) is 2. The van der Waals surface area contributed by atoms with Crippen molar-refractivity contribution in [3.8, 4) is 6.07 Å². The second-order valence-corrected chi connectivity index (χ2v) is 8.11. The number of rotatable bonds is 6. The highest BCUT2D eigenvalue weighted by molar-refractivity contribution is 8.00. The molecule has 1 aliphatic rings. The van der Waals surface area contributed by atoms with Crippen LogP contribution in [-0.4, -0.2) is 16.1 Å². The van der Waals surface area contributed by atoms with Gasteiger partial charge < -0.3 is 5.32 Å². The van der Waals surface area contributed by atoms with Crippen LogP contribution in [-0.2, 0) is 17.6 Å². The van der Waals surface area contributed by atoms with Gasteiger partial charge in [-0.05, 0) is 56.2 Å². The molecular formula is C22H25N3OS. The Morgan fingerprint density at radius 2 is 2.04 bits per heavy atom. The number of carbonyl (C=O) groups is 1. The Balaban J connectivity index is 1.74. The van der Waals surface area contributed by atoms with Gasteiger partial charge in [-0.2, -0.15) is 5.26 Å². The van der Waals surface area contributed by atoms with E-state index in [9.17, 15) is 10.1 Å². The van der Waals surface area contributed by atoms with E-state index in [1.807, 2.05) is 50.2 Å². The van der Waals surface area contributed by atoms with Crippen LogP contribution in [0.3, 0.4) is 0 Å². The average Bonchev–Trinajstić information content (AvgIpc) is 2.71. The number of carbonyl (C=O) groups excluding carboxylic acids is 1. The third-order valence-electron chi connectivity index (χ3n) is 4.96. The summed E-state index contributed by atoms with van der Waals surface area (Å²) in [7, 11) is 0. The molecular weight excluding hydrogens is 354 g/mol. The van der Waals surface area contributed by atoms with Gasteiger partial charge in [-0.25, -0.2) is 4.98 Å². The summed E-state index contributed by atoms with van der Waals surface area (Å²) in [4.78, 5) is 17.6. The summed E-state index contributed by atoms with van der Waals surface area (Å²) in [6.07, 6.45) is 4.93. The van der Waals surface area contributed by atoms with Crippen LogP contribution in [0.15, 0.2) is 41.4 Å². The van der Waals surface area contributed by atoms with Crippen LogP contribution in [0.4, 0.5) is 0 Å². The number of aromatic nitrogens is 1. The Labute approximate surface area is 165 Å². The summed E-state index contributed by atoms with van der Waals surface area (Å²) in [6, 6.07) is 14.1. The Morgan fingerprint density at radius 3 is 2.74 bits per heavy atom. The molecule has 0 aliphatic heterocycles. The van der Waals surface area contributed by atoms with Crippen LogP contribution in [0, 0.1) is 11.3 Å². The van der Waals surface area contributed by atoms with Gasteiger partial charge in [-0.15, -0.1) is 0 Å². The molecule has 5 heteroatoms. The Kier molecular flexibility index (Phi) is 6.52. The lowest BCUT2D eigenvalue weighted by atomic mass is 9.95. The van der Waals surface area contributed by atoms with E-state index in [0.717, 1.165) is 36.9 Å². The Morgan fingerprint density at radius 1 is 1.30 bits per heavy atom. The van der Waals surface area contributed by atoms with Crippen LogP contribution in [0.1, 0.15) is 61.5 Å². The molecule has 4 nitrogen and oxygen atoms in total. The minimum Gasteiger partial charge on any atom is -0.349 e. The SMILES string of the molecule is CCC(Sc1nc2c(cc1C#N)CCCC2)C(=O)NC(C)c1ccccc1. The van der Waals surface area contributed by atoms with Crippen LogP contribution >= 0.6 is 11.8 Å². The van der Waals surface area contributed by atoms with Crippen molar-refractivity contribution in [2.75, 3.05) is 0 Å². The molecule has 1 aromatic heterocycles. The molecule has 2 atom stereocenters. The highest BCUT2D eigenvalue weighted by atomic mass is 32.2. The van der Waals surface area contributed by atoms with E-state index in [1.54, 1.807) is 0 Å². The number of thioether (sulfide) groups is 1. The molecule has 0 saturated heterocycles. The number of hydrogen-bond acceptors (Lipinski definition) is 4. The lowest BCUT2D eigenvalue weighted by Gasteiger charge is -2.21. The number of benzene rings is 1. The molecule has 2 aromatic rings. The highest BCUT2D eigenvalue weighted by Gasteiger charge is 2.23. The summed E-state index contributed by atoms with van der Waals surface area (Å²) < 4.78 is 0. The third kappa shape index (κ3) is 4.70. The van der Waals surface area contributed by atoms with Crippen LogP contribution < -0.4 is 5.32 Å². The van der Waals surface area contributed by atoms with Crippen LogP contribution in [0.5, 0.6) is 0 Å². The first kappa shape index (κ1) is 19.4. The lowest BCUT2D eigenvalue weighted by molar-refractivity contribution is -0.121. The minimum absolute atomic E-state index is 0.0118. The van der Waals surface area contributed by atoms with Gasteiger partial charge in [-0.3, -0.25) is 4.79 Å². The monoisotopic (exact) mass is 379 g/mol. The van der Waals surface area contributed by atoms with Crippen molar-refractivity contribution in [3.63, 3.8) is 0 Å². The molecule has 0 radical (unpaired) electrons. The molecule has 1 aliphatic carbocycles. The molecule has 0 bridgehead atoms. The van der Waals surface area contributed by atoms with Gasteiger partial charge >= 0.3 is 0 Å². The quantitative estimate of drug-likeness (QED) is 0.746. The Bertz CT molecular complexity index is 845. The second kappa shape index (κ2) is 9.05. The van der Waals surface area contributed by atoms with Crippen molar-refractivity contribution >= 4 is 17.7 Å². The zero-order valence-corrected chi connectivity index (χ0v) is 16.7. The minimum atomic E-state index is -0.266. The van der Waals surface area contributed by atoms with Crippen molar-refractivity contribution in [1.29, 1.82) is 5.26 Å². The number of amides is 1. The van der Waals surface area contributed by atoms with E-state index in [0.29, 0.717) is 17.0 Å². The Hall–Kier alpha value is -2.32. The van der Waals surface area contributed by atoms with E-state index in [1.165, 1.54) is 17.3 Å². The van der Waals surface area contributed by atoms with E-state index >= 15 is 0 Å². The first-order chi connectivity index (χ1) is 13.1. The van der Waals surface area contributed by atoms with Crippen molar-refractivity contribution < 1.29 is 4.79 Å². The summed E-state index contributed by atoms with van der Waals surface area (Å²) >= 11 is 1.41. The summed E-state index contributed by atoms with van der Waals surface area (Å²) in [5, 5.41) is 13.1. The van der Waals surface area contributed by atoms with E-state index in [-0.39, 0.29) is 17.2 Å². The topological polar surface area (TPSA) is 65.8 Å². The van der Waals surface area contributed by atoms with Gasteiger partial charge in [0.05, 0.1) is 16.9 Å². The summed E-state index contributed by atoms with van der Waals surface area (Å²) in [6.45, 7) is 3.98. The predicted octanol–water partition coefficient (Wildman–Crippen LogP) is 4.58. The maximum Gasteiger partial charge on any atom is 0.234 e. The molecule has 0 saturated carbocycles. The van der Waals surface area contributed by atoms with Crippen molar-refractivity contribution in [2.24, 2.45) is 0 Å². The van der Waals surface area contributed by atoms with Crippen molar-refractivity contribution in [3.05, 3.63) is 58.8 Å². The number of pyridine rings is 1. The first-order valence-electron chi connectivity index (χ1n) is 9.57. The van der Waals surface area contributed by atoms with Crippen LogP contribution in [0.25, 0.3) is 0 Å². The number of aryl methyl sites for hydroxylation is 2. The van der Waals surface area contributed by atoms with Gasteiger partial charge in [0.1, 0.15) is 11.1 Å². The number of fused-ring (bicyclic) bond motifs is 1. The lowest BCUT2D eigenvalue weighted by Crippen LogP contribution is -2.34. The van der Waals surface area contributed by atoms with Crippen molar-refractivity contribution in [2.45, 2.75) is 62.3 Å². The number of nitrogens with one attached hydrogen (secondary N) is 1. The van der Waals surface area contributed by atoms with Gasteiger partial charge in [0, 0.05) is 5.69 Å². The molecule has 1 heterocycles. The maximum atomic E-state index is 12.8. The molecule has 0 fully saturated rings. The second-order valence-electron chi connectivity index (χ2n) is 6.92. The van der Waals surface area contributed by atoms with E-state index in [4.69, 9.17) is 4.98 Å². The molecule has 0 spiro atoms. The largest absolute Gasteiger partial charge is 0.349 e. The number of hydrogen-bond donors (Lipinski definition) is 1. The zero-order valence-electron chi connectivity index (χ0n) is 15.9. The van der Waals surface area contributed by atoms with Gasteiger partial charge in [-0.1, -0.05) is 49.0 Å². The highest BCUT2D eigenvalue weighted by Crippen LogP contribution is 2.31. The molecule has 3 rings (SSSR count). The number of nitriles is 1. The summed E-state index contributed by atoms with van der Waals surface area (Å²) in [5.41, 5.74) is 3.95. The van der Waals surface area contributed by atoms with Gasteiger partial charge in [0.15, 0.2) is 0 Å². The predicted molar refractivity (Wildman–Crippen MR) is 109 cm³/mol.